The zero-order valence-corrected chi connectivity index (χ0v) is 27.0. The Morgan fingerprint density at radius 3 is 2.50 bits per heavy atom. The minimum absolute atomic E-state index is 0.181. The summed E-state index contributed by atoms with van der Waals surface area (Å²) in [7, 11) is -1.32. The summed E-state index contributed by atoms with van der Waals surface area (Å²) in [5.41, 5.74) is 3.45. The van der Waals surface area contributed by atoms with E-state index >= 15 is 0 Å². The second kappa shape index (κ2) is 13.7. The number of aromatic hydroxyl groups is 1. The third kappa shape index (κ3) is 7.27. The first-order valence-corrected chi connectivity index (χ1v) is 18.0. The molecule has 0 spiro atoms. The average Bonchev–Trinajstić information content (AvgIpc) is 3.70. The molecular formula is C34H36N2O5S3. The van der Waals surface area contributed by atoms with Gasteiger partial charge in [-0.25, -0.2) is 13.1 Å². The van der Waals surface area contributed by atoms with Crippen molar-refractivity contribution in [3.63, 3.8) is 0 Å². The molecule has 230 valence electrons. The van der Waals surface area contributed by atoms with Gasteiger partial charge in [0.2, 0.25) is 10.0 Å². The number of likely N-dealkylation sites (N-methyl/N-ethyl adjacent to an activating group) is 1. The van der Waals surface area contributed by atoms with Gasteiger partial charge in [-0.2, -0.15) is 0 Å². The fourth-order valence-corrected chi connectivity index (χ4v) is 8.85. The number of fused-ring (bicyclic) bond motifs is 1. The van der Waals surface area contributed by atoms with E-state index in [1.165, 1.54) is 41.0 Å². The quantitative estimate of drug-likeness (QED) is 0.140. The van der Waals surface area contributed by atoms with Gasteiger partial charge in [0.1, 0.15) is 34.7 Å². The summed E-state index contributed by atoms with van der Waals surface area (Å²) < 4.78 is 40.4. The Hall–Kier alpha value is -3.41. The van der Waals surface area contributed by atoms with E-state index in [1.807, 2.05) is 36.4 Å². The molecule has 3 aromatic carbocycles. The van der Waals surface area contributed by atoms with E-state index in [9.17, 15) is 13.5 Å². The number of nitrogens with zero attached hydrogens (tertiary/aromatic N) is 1. The number of phenolic OH excluding ortho intramolecular Hbond substituents is 1. The van der Waals surface area contributed by atoms with Crippen molar-refractivity contribution in [2.45, 2.75) is 35.9 Å². The van der Waals surface area contributed by atoms with Crippen molar-refractivity contribution in [1.82, 2.24) is 9.62 Å². The van der Waals surface area contributed by atoms with Crippen molar-refractivity contribution in [2.75, 3.05) is 33.4 Å². The van der Waals surface area contributed by atoms with Gasteiger partial charge in [0.15, 0.2) is 0 Å². The molecule has 1 aliphatic rings. The van der Waals surface area contributed by atoms with Crippen LogP contribution in [0.15, 0.2) is 88.5 Å². The lowest BCUT2D eigenvalue weighted by Gasteiger charge is -2.32. The van der Waals surface area contributed by atoms with Gasteiger partial charge in [-0.3, -0.25) is 0 Å². The molecule has 0 amide bonds. The summed E-state index contributed by atoms with van der Waals surface area (Å²) in [6.45, 7) is 2.24. The molecule has 1 fully saturated rings. The Kier molecular flexibility index (Phi) is 9.53. The van der Waals surface area contributed by atoms with E-state index in [0.29, 0.717) is 29.0 Å². The maximum absolute atomic E-state index is 12.3. The highest BCUT2D eigenvalue weighted by atomic mass is 32.2. The van der Waals surface area contributed by atoms with Gasteiger partial charge in [0, 0.05) is 22.2 Å². The molecule has 2 N–H and O–H groups in total. The molecule has 0 radical (unpaired) electrons. The van der Waals surface area contributed by atoms with Crippen LogP contribution in [-0.2, 0) is 16.4 Å². The SMILES string of the molecule is CN1CCCCC1COc1ccc(-c2sc3cc(O)ccc3c2Cc2ccc(OCCNS(=O)(=O)c3cccs3)cc2)cc1. The van der Waals surface area contributed by atoms with Crippen molar-refractivity contribution < 1.29 is 23.0 Å². The Labute approximate surface area is 266 Å². The van der Waals surface area contributed by atoms with Gasteiger partial charge in [-0.15, -0.1) is 22.7 Å². The van der Waals surface area contributed by atoms with Crippen LogP contribution in [0.2, 0.25) is 0 Å². The third-order valence-electron chi connectivity index (χ3n) is 7.98. The van der Waals surface area contributed by atoms with Crippen LogP contribution in [0.3, 0.4) is 0 Å². The molecule has 1 unspecified atom stereocenters. The zero-order chi connectivity index (χ0) is 30.5. The fraction of sp³-hybridized carbons (Fsp3) is 0.294. The number of likely N-dealkylation sites (tertiary alicyclic amines) is 1. The molecule has 3 heterocycles. The van der Waals surface area contributed by atoms with Crippen LogP contribution in [0.1, 0.15) is 30.4 Å². The molecule has 1 atom stereocenters. The first-order chi connectivity index (χ1) is 21.4. The molecule has 6 rings (SSSR count). The minimum Gasteiger partial charge on any atom is -0.508 e. The predicted octanol–water partition coefficient (Wildman–Crippen LogP) is 7.15. The number of thiophene rings is 2. The predicted molar refractivity (Wildman–Crippen MR) is 179 cm³/mol. The highest BCUT2D eigenvalue weighted by molar-refractivity contribution is 7.91. The van der Waals surface area contributed by atoms with Gasteiger partial charge in [0.05, 0.1) is 0 Å². The number of sulfonamides is 1. The highest BCUT2D eigenvalue weighted by Gasteiger charge is 2.20. The lowest BCUT2D eigenvalue weighted by molar-refractivity contribution is 0.125. The van der Waals surface area contributed by atoms with E-state index in [-0.39, 0.29) is 18.9 Å². The Morgan fingerprint density at radius 2 is 1.75 bits per heavy atom. The van der Waals surface area contributed by atoms with Crippen LogP contribution in [-0.4, -0.2) is 57.8 Å². The zero-order valence-electron chi connectivity index (χ0n) is 24.6. The first-order valence-electron chi connectivity index (χ1n) is 14.8. The Bertz CT molecular complexity index is 1780. The van der Waals surface area contributed by atoms with Crippen LogP contribution >= 0.6 is 22.7 Å². The van der Waals surface area contributed by atoms with E-state index in [2.05, 4.69) is 40.9 Å². The van der Waals surface area contributed by atoms with Gasteiger partial charge in [-0.1, -0.05) is 24.6 Å². The molecule has 5 aromatic rings. The largest absolute Gasteiger partial charge is 0.508 e. The summed E-state index contributed by atoms with van der Waals surface area (Å²) in [4.78, 5) is 3.56. The number of benzene rings is 3. The number of hydrogen-bond donors (Lipinski definition) is 2. The summed E-state index contributed by atoms with van der Waals surface area (Å²) in [5.74, 6) is 1.81. The number of hydrogen-bond acceptors (Lipinski definition) is 8. The summed E-state index contributed by atoms with van der Waals surface area (Å²) >= 11 is 2.87. The van der Waals surface area contributed by atoms with E-state index < -0.39 is 10.0 Å². The molecule has 7 nitrogen and oxygen atoms in total. The number of piperidine rings is 1. The van der Waals surface area contributed by atoms with E-state index in [1.54, 1.807) is 34.9 Å². The van der Waals surface area contributed by atoms with Crippen LogP contribution < -0.4 is 14.2 Å². The maximum atomic E-state index is 12.3. The van der Waals surface area contributed by atoms with Gasteiger partial charge in [0.25, 0.3) is 0 Å². The number of nitrogens with one attached hydrogen (secondary N) is 1. The smallest absolute Gasteiger partial charge is 0.250 e. The van der Waals surface area contributed by atoms with Crippen molar-refractivity contribution in [2.24, 2.45) is 0 Å². The van der Waals surface area contributed by atoms with Crippen LogP contribution in [0.25, 0.3) is 20.5 Å². The molecule has 44 heavy (non-hydrogen) atoms. The highest BCUT2D eigenvalue weighted by Crippen LogP contribution is 2.41. The standard InChI is InChI=1S/C34H36N2O5S3/c1-36-18-3-2-5-26(36)23-41-29-14-9-25(10-15-29)34-31(30-16-11-27(37)22-32(30)43-34)21-24-7-12-28(13-8-24)40-19-17-35-44(38,39)33-6-4-20-42-33/h4,6-16,20,22,26,35,37H,2-3,5,17-19,21,23H2,1H3. The maximum Gasteiger partial charge on any atom is 0.250 e. The molecule has 0 bridgehead atoms. The molecule has 1 aliphatic heterocycles. The minimum atomic E-state index is -3.50. The lowest BCUT2D eigenvalue weighted by Crippen LogP contribution is -2.40. The number of phenols is 1. The average molecular weight is 649 g/mol. The molecule has 1 saturated heterocycles. The van der Waals surface area contributed by atoms with Crippen LogP contribution in [0.5, 0.6) is 17.2 Å². The monoisotopic (exact) mass is 648 g/mol. The molecule has 10 heteroatoms. The van der Waals surface area contributed by atoms with Gasteiger partial charge in [-0.05, 0) is 121 Å². The van der Waals surface area contributed by atoms with Crippen molar-refractivity contribution in [1.29, 1.82) is 0 Å². The summed E-state index contributed by atoms with van der Waals surface area (Å²) in [5, 5.41) is 13.0. The fourth-order valence-electron chi connectivity index (χ4n) is 5.54. The third-order valence-corrected chi connectivity index (χ3v) is 12.1. The van der Waals surface area contributed by atoms with Crippen LogP contribution in [0, 0.1) is 0 Å². The molecule has 0 aliphatic carbocycles. The second-order valence-electron chi connectivity index (χ2n) is 11.1. The van der Waals surface area contributed by atoms with Crippen LogP contribution in [0.4, 0.5) is 0 Å². The Balaban J connectivity index is 1.12. The summed E-state index contributed by atoms with van der Waals surface area (Å²) in [6, 6.07) is 25.6. The van der Waals surface area contributed by atoms with Gasteiger partial charge < -0.3 is 19.5 Å². The van der Waals surface area contributed by atoms with Gasteiger partial charge >= 0.3 is 0 Å². The van der Waals surface area contributed by atoms with Crippen molar-refractivity contribution in [3.8, 4) is 27.7 Å². The molecule has 0 saturated carbocycles. The van der Waals surface area contributed by atoms with Crippen molar-refractivity contribution >= 4 is 42.8 Å². The second-order valence-corrected chi connectivity index (χ2v) is 15.0. The normalized spacial score (nSPS) is 15.9. The Morgan fingerprint density at radius 1 is 0.977 bits per heavy atom. The number of ether oxygens (including phenoxy) is 2. The summed E-state index contributed by atoms with van der Waals surface area (Å²) in [6.07, 6.45) is 4.42. The first kappa shape index (κ1) is 30.6. The lowest BCUT2D eigenvalue weighted by atomic mass is 9.99. The van der Waals surface area contributed by atoms with E-state index in [4.69, 9.17) is 9.47 Å². The van der Waals surface area contributed by atoms with E-state index in [0.717, 1.165) is 33.5 Å². The topological polar surface area (TPSA) is 88.1 Å². The number of rotatable bonds is 12. The van der Waals surface area contributed by atoms with Crippen molar-refractivity contribution in [3.05, 3.63) is 95.4 Å². The molecule has 2 aromatic heterocycles. The molecular weight excluding hydrogens is 613 g/mol.